The van der Waals surface area contributed by atoms with Crippen LogP contribution < -0.4 is 0 Å². The lowest BCUT2D eigenvalue weighted by molar-refractivity contribution is 0.295. The Balaban J connectivity index is 1.86. The topological polar surface area (TPSA) is 46.1 Å². The number of pyridine rings is 2. The van der Waals surface area contributed by atoms with Crippen LogP contribution >= 0.6 is 0 Å². The van der Waals surface area contributed by atoms with Crippen molar-refractivity contribution < 1.29 is 4.21 Å². The van der Waals surface area contributed by atoms with Gasteiger partial charge in [0.1, 0.15) is 0 Å². The molecule has 22 heavy (non-hydrogen) atoms. The Bertz CT molecular complexity index is 519. The van der Waals surface area contributed by atoms with Crippen molar-refractivity contribution in [3.8, 4) is 0 Å². The summed E-state index contributed by atoms with van der Waals surface area (Å²) in [5.41, 5.74) is 2.20. The molecule has 2 rings (SSSR count). The number of hydrogen-bond acceptors (Lipinski definition) is 4. The van der Waals surface area contributed by atoms with E-state index in [-0.39, 0.29) is 0 Å². The number of nitrogens with zero attached hydrogens (tertiary/aromatic N) is 3. The molecule has 1 unspecified atom stereocenters. The third-order valence-electron chi connectivity index (χ3n) is 3.52. The monoisotopic (exact) mass is 317 g/mol. The van der Waals surface area contributed by atoms with Crippen LogP contribution in [0, 0.1) is 0 Å². The first-order chi connectivity index (χ1) is 10.7. The van der Waals surface area contributed by atoms with Gasteiger partial charge in [-0.1, -0.05) is 12.1 Å². The van der Waals surface area contributed by atoms with E-state index in [2.05, 4.69) is 27.0 Å². The highest BCUT2D eigenvalue weighted by Gasteiger charge is 2.07. The fourth-order valence-corrected chi connectivity index (χ4v) is 2.75. The van der Waals surface area contributed by atoms with E-state index in [4.69, 9.17) is 0 Å². The fraction of sp³-hybridized carbons (Fsp3) is 0.412. The first kappa shape index (κ1) is 16.8. The van der Waals surface area contributed by atoms with Gasteiger partial charge in [0.25, 0.3) is 0 Å². The van der Waals surface area contributed by atoms with Crippen molar-refractivity contribution in [2.75, 3.05) is 31.6 Å². The van der Waals surface area contributed by atoms with Gasteiger partial charge >= 0.3 is 0 Å². The average Bonchev–Trinajstić information content (AvgIpc) is 2.56. The molecule has 0 aromatic carbocycles. The van der Waals surface area contributed by atoms with Gasteiger partial charge < -0.3 is 4.90 Å². The summed E-state index contributed by atoms with van der Waals surface area (Å²) in [5, 5.41) is 0. The van der Waals surface area contributed by atoms with Gasteiger partial charge in [0.2, 0.25) is 0 Å². The maximum Gasteiger partial charge on any atom is 0.0416 e. The summed E-state index contributed by atoms with van der Waals surface area (Å²) in [6.45, 7) is 2.71. The molecule has 0 aliphatic heterocycles. The predicted octanol–water partition coefficient (Wildman–Crippen LogP) is 1.94. The quantitative estimate of drug-likeness (QED) is 0.709. The normalized spacial score (nSPS) is 12.5. The Hall–Kier alpha value is -1.59. The molecule has 0 saturated heterocycles. The molecule has 0 N–H and O–H groups in total. The summed E-state index contributed by atoms with van der Waals surface area (Å²) in [6.07, 6.45) is 7.25. The summed E-state index contributed by atoms with van der Waals surface area (Å²) < 4.78 is 11.4. The van der Waals surface area contributed by atoms with E-state index in [0.29, 0.717) is 5.75 Å². The van der Waals surface area contributed by atoms with Crippen molar-refractivity contribution in [1.82, 2.24) is 14.9 Å². The van der Waals surface area contributed by atoms with Crippen LogP contribution in [0.15, 0.2) is 48.8 Å². The molecule has 0 fully saturated rings. The first-order valence-electron chi connectivity index (χ1n) is 7.56. The first-order valence-corrected chi connectivity index (χ1v) is 9.29. The molecule has 0 aliphatic carbocycles. The predicted molar refractivity (Wildman–Crippen MR) is 91.3 cm³/mol. The van der Waals surface area contributed by atoms with Gasteiger partial charge in [-0.3, -0.25) is 14.2 Å². The minimum atomic E-state index is -0.755. The van der Waals surface area contributed by atoms with Crippen molar-refractivity contribution >= 4 is 10.8 Å². The largest absolute Gasteiger partial charge is 0.302 e. The Morgan fingerprint density at radius 1 is 0.909 bits per heavy atom. The van der Waals surface area contributed by atoms with Crippen LogP contribution in [0.1, 0.15) is 11.4 Å². The second-order valence-electron chi connectivity index (χ2n) is 5.26. The minimum absolute atomic E-state index is 0.713. The molecule has 2 aromatic heterocycles. The molecule has 1 atom stereocenters. The molecular weight excluding hydrogens is 294 g/mol. The van der Waals surface area contributed by atoms with Crippen LogP contribution in [0.4, 0.5) is 0 Å². The zero-order chi connectivity index (χ0) is 15.6. The van der Waals surface area contributed by atoms with E-state index >= 15 is 0 Å². The molecule has 2 aromatic rings. The summed E-state index contributed by atoms with van der Waals surface area (Å²) in [4.78, 5) is 11.1. The van der Waals surface area contributed by atoms with E-state index in [1.165, 1.54) is 0 Å². The zero-order valence-electron chi connectivity index (χ0n) is 13.0. The van der Waals surface area contributed by atoms with Crippen LogP contribution in [0.3, 0.4) is 0 Å². The third-order valence-corrected chi connectivity index (χ3v) is 4.27. The Morgan fingerprint density at radius 3 is 1.86 bits per heavy atom. The Kier molecular flexibility index (Phi) is 7.19. The lowest BCUT2D eigenvalue weighted by atomic mass is 10.2. The molecule has 0 aliphatic rings. The van der Waals surface area contributed by atoms with Crippen LogP contribution in [0.2, 0.25) is 0 Å². The number of aromatic nitrogens is 2. The van der Waals surface area contributed by atoms with E-state index < -0.39 is 10.8 Å². The summed E-state index contributed by atoms with van der Waals surface area (Å²) in [6, 6.07) is 12.0. The molecular formula is C17H23N3OS. The highest BCUT2D eigenvalue weighted by atomic mass is 32.2. The standard InChI is InChI=1S/C17H23N3OS/c1-22(21)15-14-20(12-8-16-6-2-4-10-18-16)13-9-17-7-3-5-11-19-17/h2-7,10-11H,8-9,12-15H2,1H3. The van der Waals surface area contributed by atoms with Crippen molar-refractivity contribution in [2.24, 2.45) is 0 Å². The average molecular weight is 317 g/mol. The molecule has 2 heterocycles. The maximum absolute atomic E-state index is 11.4. The molecule has 118 valence electrons. The number of hydrogen-bond donors (Lipinski definition) is 0. The maximum atomic E-state index is 11.4. The molecule has 0 spiro atoms. The second-order valence-corrected chi connectivity index (χ2v) is 6.82. The summed E-state index contributed by atoms with van der Waals surface area (Å²) >= 11 is 0. The van der Waals surface area contributed by atoms with Crippen molar-refractivity contribution in [3.05, 3.63) is 60.2 Å². The summed E-state index contributed by atoms with van der Waals surface area (Å²) in [7, 11) is -0.755. The lowest BCUT2D eigenvalue weighted by Crippen LogP contribution is -2.32. The van der Waals surface area contributed by atoms with Gasteiger partial charge in [0.05, 0.1) is 0 Å². The van der Waals surface area contributed by atoms with Gasteiger partial charge in [-0.2, -0.15) is 0 Å². The van der Waals surface area contributed by atoms with E-state index in [1.807, 2.05) is 36.7 Å². The van der Waals surface area contributed by atoms with Gasteiger partial charge in [-0.15, -0.1) is 0 Å². The van der Waals surface area contributed by atoms with E-state index in [1.54, 1.807) is 6.26 Å². The van der Waals surface area contributed by atoms with Gasteiger partial charge in [-0.05, 0) is 24.3 Å². The molecule has 0 amide bonds. The second kappa shape index (κ2) is 9.43. The molecule has 0 saturated carbocycles. The fourth-order valence-electron chi connectivity index (χ4n) is 2.23. The Labute approximate surface area is 135 Å². The smallest absolute Gasteiger partial charge is 0.0416 e. The SMILES string of the molecule is CS(=O)CCN(CCc1ccccn1)CCc1ccccn1. The van der Waals surface area contributed by atoms with Crippen molar-refractivity contribution in [3.63, 3.8) is 0 Å². The molecule has 5 heteroatoms. The van der Waals surface area contributed by atoms with Crippen LogP contribution in [-0.2, 0) is 23.6 Å². The highest BCUT2D eigenvalue weighted by Crippen LogP contribution is 2.02. The third kappa shape index (κ3) is 6.45. The van der Waals surface area contributed by atoms with Crippen molar-refractivity contribution in [1.29, 1.82) is 0 Å². The van der Waals surface area contributed by atoms with Gasteiger partial charge in [0.15, 0.2) is 0 Å². The van der Waals surface area contributed by atoms with Gasteiger partial charge in [-0.25, -0.2) is 0 Å². The number of rotatable bonds is 9. The minimum Gasteiger partial charge on any atom is -0.302 e. The van der Waals surface area contributed by atoms with Crippen LogP contribution in [-0.4, -0.2) is 50.7 Å². The van der Waals surface area contributed by atoms with Crippen LogP contribution in [0.25, 0.3) is 0 Å². The zero-order valence-corrected chi connectivity index (χ0v) is 13.8. The molecule has 0 radical (unpaired) electrons. The van der Waals surface area contributed by atoms with E-state index in [9.17, 15) is 4.21 Å². The highest BCUT2D eigenvalue weighted by molar-refractivity contribution is 7.84. The Morgan fingerprint density at radius 2 is 1.45 bits per heavy atom. The summed E-state index contributed by atoms with van der Waals surface area (Å²) in [5.74, 6) is 0.713. The van der Waals surface area contributed by atoms with Crippen LogP contribution in [0.5, 0.6) is 0 Å². The van der Waals surface area contributed by atoms with Crippen molar-refractivity contribution in [2.45, 2.75) is 12.8 Å². The molecule has 4 nitrogen and oxygen atoms in total. The lowest BCUT2D eigenvalue weighted by Gasteiger charge is -2.21. The van der Waals surface area contributed by atoms with E-state index in [0.717, 1.165) is 43.9 Å². The van der Waals surface area contributed by atoms with Gasteiger partial charge in [0, 0.05) is 79.1 Å². The molecule has 0 bridgehead atoms.